The molecule has 0 bridgehead atoms. The standard InChI is InChI=1S/C25H25NO6/c1-6-32-25(28)19-13(2)26-22-15-9-7-8-10-16(15)23(27)21(22)20(19)14-11-17(29-3)24(31-5)18(12-14)30-4/h7-12,19-20H,6H2,1-5H3. The van der Waals surface area contributed by atoms with Gasteiger partial charge in [0.25, 0.3) is 0 Å². The molecule has 0 aromatic heterocycles. The number of hydrogen-bond donors (Lipinski definition) is 0. The Balaban J connectivity index is 1.97. The van der Waals surface area contributed by atoms with Crippen LogP contribution in [0.4, 0.5) is 0 Å². The number of esters is 1. The maximum Gasteiger partial charge on any atom is 0.315 e. The monoisotopic (exact) mass is 435 g/mol. The number of carbonyl (C=O) groups excluding carboxylic acids is 2. The number of ether oxygens (including phenoxy) is 4. The van der Waals surface area contributed by atoms with Crippen LogP contribution in [-0.4, -0.2) is 45.4 Å². The first-order chi connectivity index (χ1) is 15.5. The van der Waals surface area contributed by atoms with Crippen molar-refractivity contribution in [1.29, 1.82) is 0 Å². The number of benzene rings is 2. The minimum absolute atomic E-state index is 0.139. The van der Waals surface area contributed by atoms with Gasteiger partial charge in [0.2, 0.25) is 5.75 Å². The number of ketones is 1. The molecule has 0 saturated heterocycles. The molecule has 4 rings (SSSR count). The van der Waals surface area contributed by atoms with Crippen molar-refractivity contribution in [1.82, 2.24) is 0 Å². The fraction of sp³-hybridized carbons (Fsp3) is 0.320. The van der Waals surface area contributed by atoms with Gasteiger partial charge in [-0.05, 0) is 31.5 Å². The van der Waals surface area contributed by atoms with E-state index in [1.54, 1.807) is 32.0 Å². The van der Waals surface area contributed by atoms with Crippen molar-refractivity contribution in [3.8, 4) is 17.2 Å². The van der Waals surface area contributed by atoms with Gasteiger partial charge in [0.05, 0.1) is 33.6 Å². The van der Waals surface area contributed by atoms with Crippen molar-refractivity contribution in [2.24, 2.45) is 10.9 Å². The molecule has 166 valence electrons. The third-order valence-corrected chi connectivity index (χ3v) is 5.90. The average Bonchev–Trinajstić information content (AvgIpc) is 3.08. The lowest BCUT2D eigenvalue weighted by molar-refractivity contribution is -0.146. The Morgan fingerprint density at radius 1 is 1.00 bits per heavy atom. The highest BCUT2D eigenvalue weighted by Gasteiger charge is 2.46. The minimum Gasteiger partial charge on any atom is -0.493 e. The maximum absolute atomic E-state index is 13.5. The van der Waals surface area contributed by atoms with Gasteiger partial charge in [-0.25, -0.2) is 0 Å². The summed E-state index contributed by atoms with van der Waals surface area (Å²) in [6.45, 7) is 3.77. The molecule has 7 nitrogen and oxygen atoms in total. The molecule has 0 radical (unpaired) electrons. The molecule has 2 aliphatic rings. The Kier molecular flexibility index (Phi) is 5.74. The zero-order valence-corrected chi connectivity index (χ0v) is 18.7. The molecule has 2 unspecified atom stereocenters. The van der Waals surface area contributed by atoms with E-state index < -0.39 is 17.8 Å². The predicted molar refractivity (Wildman–Crippen MR) is 120 cm³/mol. The van der Waals surface area contributed by atoms with Crippen LogP contribution in [0.2, 0.25) is 0 Å². The molecule has 0 amide bonds. The molecule has 1 heterocycles. The summed E-state index contributed by atoms with van der Waals surface area (Å²) in [5.74, 6) is -0.625. The van der Waals surface area contributed by atoms with E-state index in [1.165, 1.54) is 21.3 Å². The first-order valence-corrected chi connectivity index (χ1v) is 10.4. The van der Waals surface area contributed by atoms with Crippen LogP contribution in [-0.2, 0) is 9.53 Å². The summed E-state index contributed by atoms with van der Waals surface area (Å²) >= 11 is 0. The van der Waals surface area contributed by atoms with Gasteiger partial charge in [-0.3, -0.25) is 14.6 Å². The Morgan fingerprint density at radius 2 is 1.62 bits per heavy atom. The Labute approximate surface area is 186 Å². The smallest absolute Gasteiger partial charge is 0.315 e. The van der Waals surface area contributed by atoms with Crippen molar-refractivity contribution in [2.75, 3.05) is 27.9 Å². The van der Waals surface area contributed by atoms with Crippen molar-refractivity contribution in [3.05, 3.63) is 58.7 Å². The zero-order chi connectivity index (χ0) is 23.0. The lowest BCUT2D eigenvalue weighted by atomic mass is 9.75. The number of allylic oxidation sites excluding steroid dienone is 1. The van der Waals surface area contributed by atoms with Crippen LogP contribution in [0.25, 0.3) is 5.70 Å². The number of carbonyl (C=O) groups is 2. The van der Waals surface area contributed by atoms with Crippen LogP contribution < -0.4 is 14.2 Å². The number of methoxy groups -OCH3 is 3. The number of rotatable bonds is 6. The number of hydrogen-bond acceptors (Lipinski definition) is 7. The number of Topliss-reactive ketones (excluding diaryl/α,β-unsaturated/α-hetero) is 1. The van der Waals surface area contributed by atoms with Crippen LogP contribution in [0, 0.1) is 5.92 Å². The van der Waals surface area contributed by atoms with Crippen LogP contribution in [0.15, 0.2) is 47.0 Å². The molecular weight excluding hydrogens is 410 g/mol. The molecule has 2 atom stereocenters. The molecule has 0 spiro atoms. The Hall–Kier alpha value is -3.61. The van der Waals surface area contributed by atoms with E-state index in [0.717, 1.165) is 5.56 Å². The summed E-state index contributed by atoms with van der Waals surface area (Å²) in [6.07, 6.45) is 0. The second kappa shape index (κ2) is 8.49. The molecular formula is C25H25NO6. The fourth-order valence-electron chi connectivity index (χ4n) is 4.53. The zero-order valence-electron chi connectivity index (χ0n) is 18.7. The van der Waals surface area contributed by atoms with E-state index in [9.17, 15) is 9.59 Å². The van der Waals surface area contributed by atoms with Crippen molar-refractivity contribution >= 4 is 23.2 Å². The first-order valence-electron chi connectivity index (χ1n) is 10.4. The van der Waals surface area contributed by atoms with E-state index in [2.05, 4.69) is 0 Å². The van der Waals surface area contributed by atoms with Gasteiger partial charge in [-0.1, -0.05) is 24.3 Å². The van der Waals surface area contributed by atoms with Crippen LogP contribution >= 0.6 is 0 Å². The second-order valence-electron chi connectivity index (χ2n) is 7.56. The first kappa shape index (κ1) is 21.6. The minimum atomic E-state index is -0.755. The number of aliphatic imine (C=N–C) groups is 1. The molecule has 1 aliphatic heterocycles. The number of nitrogens with zero attached hydrogens (tertiary/aromatic N) is 1. The van der Waals surface area contributed by atoms with Crippen LogP contribution in [0.3, 0.4) is 0 Å². The van der Waals surface area contributed by atoms with Crippen molar-refractivity contribution < 1.29 is 28.5 Å². The summed E-state index contributed by atoms with van der Waals surface area (Å²) in [4.78, 5) is 31.3. The summed E-state index contributed by atoms with van der Waals surface area (Å²) in [7, 11) is 4.58. The fourth-order valence-corrected chi connectivity index (χ4v) is 4.53. The molecule has 0 N–H and O–H groups in total. The van der Waals surface area contributed by atoms with Crippen LogP contribution in [0.5, 0.6) is 17.2 Å². The molecule has 1 aliphatic carbocycles. The lowest BCUT2D eigenvalue weighted by Gasteiger charge is -2.31. The van der Waals surface area contributed by atoms with Gasteiger partial charge in [0.1, 0.15) is 5.92 Å². The third-order valence-electron chi connectivity index (χ3n) is 5.90. The SMILES string of the molecule is CCOC(=O)C1C(C)=NC2=C(C(=O)c3ccccc32)C1c1cc(OC)c(OC)c(OC)c1. The number of fused-ring (bicyclic) bond motifs is 2. The van der Waals surface area contributed by atoms with Gasteiger partial charge in [0.15, 0.2) is 17.3 Å². The highest BCUT2D eigenvalue weighted by molar-refractivity contribution is 6.24. The Morgan fingerprint density at radius 3 is 2.19 bits per heavy atom. The van der Waals surface area contributed by atoms with Gasteiger partial charge in [-0.15, -0.1) is 0 Å². The van der Waals surface area contributed by atoms with Gasteiger partial charge < -0.3 is 18.9 Å². The topological polar surface area (TPSA) is 83.4 Å². The highest BCUT2D eigenvalue weighted by atomic mass is 16.5. The summed E-state index contributed by atoms with van der Waals surface area (Å²) in [5, 5.41) is 0. The van der Waals surface area contributed by atoms with E-state index >= 15 is 0 Å². The lowest BCUT2D eigenvalue weighted by Crippen LogP contribution is -2.35. The van der Waals surface area contributed by atoms with Gasteiger partial charge in [0, 0.05) is 28.3 Å². The van der Waals surface area contributed by atoms with E-state index in [1.807, 2.05) is 18.2 Å². The van der Waals surface area contributed by atoms with Crippen LogP contribution in [0.1, 0.15) is 41.3 Å². The highest BCUT2D eigenvalue weighted by Crippen LogP contribution is 2.50. The molecule has 0 fully saturated rings. The van der Waals surface area contributed by atoms with E-state index in [-0.39, 0.29) is 12.4 Å². The maximum atomic E-state index is 13.5. The van der Waals surface area contributed by atoms with Crippen molar-refractivity contribution in [3.63, 3.8) is 0 Å². The molecule has 0 saturated carbocycles. The summed E-state index contributed by atoms with van der Waals surface area (Å²) in [5.41, 5.74) is 3.69. The average molecular weight is 435 g/mol. The summed E-state index contributed by atoms with van der Waals surface area (Å²) in [6, 6.07) is 10.9. The van der Waals surface area contributed by atoms with Gasteiger partial charge in [-0.2, -0.15) is 0 Å². The largest absolute Gasteiger partial charge is 0.493 e. The summed E-state index contributed by atoms with van der Waals surface area (Å²) < 4.78 is 21.9. The molecule has 7 heteroatoms. The molecule has 32 heavy (non-hydrogen) atoms. The van der Waals surface area contributed by atoms with E-state index in [4.69, 9.17) is 23.9 Å². The predicted octanol–water partition coefficient (Wildman–Crippen LogP) is 4.06. The van der Waals surface area contributed by atoms with E-state index in [0.29, 0.717) is 45.4 Å². The molecule has 2 aromatic rings. The normalized spacial score (nSPS) is 19.2. The third kappa shape index (κ3) is 3.25. The second-order valence-corrected chi connectivity index (χ2v) is 7.56. The van der Waals surface area contributed by atoms with Gasteiger partial charge >= 0.3 is 5.97 Å². The quantitative estimate of drug-likeness (QED) is 0.637. The molecule has 2 aromatic carbocycles. The van der Waals surface area contributed by atoms with Crippen molar-refractivity contribution in [2.45, 2.75) is 19.8 Å². The Bertz CT molecular complexity index is 1140.